The summed E-state index contributed by atoms with van der Waals surface area (Å²) in [5.74, 6) is 1.19. The van der Waals surface area contributed by atoms with E-state index in [9.17, 15) is 4.79 Å². The van der Waals surface area contributed by atoms with Crippen LogP contribution in [0.4, 0.5) is 0 Å². The maximum absolute atomic E-state index is 11.7. The van der Waals surface area contributed by atoms with Crippen molar-refractivity contribution in [2.24, 2.45) is 0 Å². The third-order valence-corrected chi connectivity index (χ3v) is 3.25. The normalized spacial score (nSPS) is 14.8. The first-order chi connectivity index (χ1) is 8.61. The van der Waals surface area contributed by atoms with Gasteiger partial charge in [-0.3, -0.25) is 4.79 Å². The quantitative estimate of drug-likeness (QED) is 0.877. The van der Waals surface area contributed by atoms with Crippen LogP contribution < -0.4 is 5.56 Å². The lowest BCUT2D eigenvalue weighted by molar-refractivity contribution is 0.976. The molecule has 3 heteroatoms. The van der Waals surface area contributed by atoms with E-state index in [1.54, 1.807) is 6.07 Å². The van der Waals surface area contributed by atoms with Crippen LogP contribution in [0.25, 0.3) is 11.4 Å². The highest BCUT2D eigenvalue weighted by Crippen LogP contribution is 2.38. The Hall–Kier alpha value is -1.90. The summed E-state index contributed by atoms with van der Waals surface area (Å²) in [7, 11) is 0. The average molecular weight is 240 g/mol. The molecule has 3 rings (SSSR count). The summed E-state index contributed by atoms with van der Waals surface area (Å²) in [6.07, 6.45) is 2.31. The van der Waals surface area contributed by atoms with Gasteiger partial charge >= 0.3 is 0 Å². The number of aromatic nitrogens is 2. The van der Waals surface area contributed by atoms with Crippen molar-refractivity contribution in [1.82, 2.24) is 9.97 Å². The fraction of sp³-hybridized carbons (Fsp3) is 0.333. The Morgan fingerprint density at radius 2 is 1.78 bits per heavy atom. The number of rotatable bonds is 2. The number of aromatic amines is 1. The molecule has 1 fully saturated rings. The van der Waals surface area contributed by atoms with Gasteiger partial charge < -0.3 is 4.98 Å². The molecule has 0 saturated heterocycles. The second-order valence-electron chi connectivity index (χ2n) is 5.17. The molecule has 1 heterocycles. The predicted molar refractivity (Wildman–Crippen MR) is 71.7 cm³/mol. The lowest BCUT2D eigenvalue weighted by Gasteiger charge is -2.06. The summed E-state index contributed by atoms with van der Waals surface area (Å²) in [6.45, 7) is 4.11. The Morgan fingerprint density at radius 3 is 2.39 bits per heavy atom. The minimum absolute atomic E-state index is 0.0546. The molecule has 1 aliphatic rings. The van der Waals surface area contributed by atoms with Gasteiger partial charge in [-0.2, -0.15) is 0 Å². The van der Waals surface area contributed by atoms with Crippen LogP contribution in [-0.2, 0) is 0 Å². The van der Waals surface area contributed by atoms with Crippen molar-refractivity contribution < 1.29 is 0 Å². The number of hydrogen-bond donors (Lipinski definition) is 1. The van der Waals surface area contributed by atoms with Crippen molar-refractivity contribution in [2.45, 2.75) is 32.6 Å². The molecule has 3 nitrogen and oxygen atoms in total. The average Bonchev–Trinajstić information content (AvgIpc) is 3.10. The predicted octanol–water partition coefficient (Wildman–Crippen LogP) is 2.93. The van der Waals surface area contributed by atoms with E-state index in [1.165, 1.54) is 11.1 Å². The molecule has 1 N–H and O–H groups in total. The minimum atomic E-state index is -0.0546. The van der Waals surface area contributed by atoms with E-state index in [4.69, 9.17) is 0 Å². The maximum atomic E-state index is 11.7. The van der Waals surface area contributed by atoms with Crippen LogP contribution in [0, 0.1) is 13.8 Å². The monoisotopic (exact) mass is 240 g/mol. The number of nitrogens with one attached hydrogen (secondary N) is 1. The highest BCUT2D eigenvalue weighted by Gasteiger charge is 2.25. The van der Waals surface area contributed by atoms with Crippen LogP contribution in [0.2, 0.25) is 0 Å². The van der Waals surface area contributed by atoms with E-state index in [0.717, 1.165) is 24.1 Å². The fourth-order valence-electron chi connectivity index (χ4n) is 2.31. The van der Waals surface area contributed by atoms with Crippen molar-refractivity contribution in [3.8, 4) is 11.4 Å². The number of nitrogens with zero attached hydrogens (tertiary/aromatic N) is 1. The van der Waals surface area contributed by atoms with Gasteiger partial charge in [0.25, 0.3) is 5.56 Å². The van der Waals surface area contributed by atoms with Crippen molar-refractivity contribution in [1.29, 1.82) is 0 Å². The third-order valence-electron chi connectivity index (χ3n) is 3.25. The zero-order chi connectivity index (χ0) is 12.7. The van der Waals surface area contributed by atoms with E-state index >= 15 is 0 Å². The Kier molecular flexibility index (Phi) is 2.54. The summed E-state index contributed by atoms with van der Waals surface area (Å²) in [4.78, 5) is 19.1. The third kappa shape index (κ3) is 2.21. The van der Waals surface area contributed by atoms with Crippen LogP contribution in [0.1, 0.15) is 35.6 Å². The lowest BCUT2D eigenvalue weighted by Crippen LogP contribution is -2.10. The molecule has 1 aromatic carbocycles. The minimum Gasteiger partial charge on any atom is -0.307 e. The van der Waals surface area contributed by atoms with Crippen molar-refractivity contribution in [3.63, 3.8) is 0 Å². The number of hydrogen-bond acceptors (Lipinski definition) is 2. The molecule has 1 aliphatic carbocycles. The largest absolute Gasteiger partial charge is 0.307 e. The topological polar surface area (TPSA) is 45.8 Å². The maximum Gasteiger partial charge on any atom is 0.251 e. The molecular formula is C15H16N2O. The number of aryl methyl sites for hydroxylation is 2. The van der Waals surface area contributed by atoms with E-state index in [-0.39, 0.29) is 5.56 Å². The first kappa shape index (κ1) is 11.2. The first-order valence-electron chi connectivity index (χ1n) is 6.32. The lowest BCUT2D eigenvalue weighted by atomic mass is 10.1. The van der Waals surface area contributed by atoms with E-state index < -0.39 is 0 Å². The van der Waals surface area contributed by atoms with Gasteiger partial charge in [-0.1, -0.05) is 17.2 Å². The first-order valence-corrected chi connectivity index (χ1v) is 6.32. The standard InChI is InChI=1S/C15H16N2O/c1-9-5-10(2)7-12(6-9)15-16-13(11-3-4-11)8-14(18)17-15/h5-8,11H,3-4H2,1-2H3,(H,16,17,18). The van der Waals surface area contributed by atoms with Crippen molar-refractivity contribution in [3.05, 3.63) is 51.4 Å². The zero-order valence-corrected chi connectivity index (χ0v) is 10.7. The highest BCUT2D eigenvalue weighted by molar-refractivity contribution is 5.57. The second-order valence-corrected chi connectivity index (χ2v) is 5.17. The zero-order valence-electron chi connectivity index (χ0n) is 10.7. The molecule has 0 amide bonds. The van der Waals surface area contributed by atoms with Gasteiger partial charge in [-0.05, 0) is 38.8 Å². The molecule has 2 aromatic rings. The van der Waals surface area contributed by atoms with E-state index in [2.05, 4.69) is 42.0 Å². The van der Waals surface area contributed by atoms with Crippen LogP contribution in [0.3, 0.4) is 0 Å². The van der Waals surface area contributed by atoms with Crippen LogP contribution in [-0.4, -0.2) is 9.97 Å². The molecule has 0 radical (unpaired) electrons. The summed E-state index contributed by atoms with van der Waals surface area (Å²) < 4.78 is 0. The van der Waals surface area contributed by atoms with E-state index in [1.807, 2.05) is 0 Å². The molecule has 1 saturated carbocycles. The Morgan fingerprint density at radius 1 is 1.11 bits per heavy atom. The Balaban J connectivity index is 2.12. The molecule has 0 unspecified atom stereocenters. The molecule has 0 atom stereocenters. The molecule has 92 valence electrons. The summed E-state index contributed by atoms with van der Waals surface area (Å²) in [6, 6.07) is 7.86. The van der Waals surface area contributed by atoms with Crippen molar-refractivity contribution >= 4 is 0 Å². The molecule has 0 spiro atoms. The summed E-state index contributed by atoms with van der Waals surface area (Å²) in [5.41, 5.74) is 4.25. The molecule has 0 aliphatic heterocycles. The molecule has 1 aromatic heterocycles. The fourth-order valence-corrected chi connectivity index (χ4v) is 2.31. The van der Waals surface area contributed by atoms with Gasteiger partial charge in [0.15, 0.2) is 0 Å². The van der Waals surface area contributed by atoms with E-state index in [0.29, 0.717) is 11.7 Å². The van der Waals surface area contributed by atoms with Crippen LogP contribution >= 0.6 is 0 Å². The van der Waals surface area contributed by atoms with Gasteiger partial charge in [0, 0.05) is 17.5 Å². The number of benzene rings is 1. The van der Waals surface area contributed by atoms with Gasteiger partial charge in [0.2, 0.25) is 0 Å². The Labute approximate surface area is 106 Å². The van der Waals surface area contributed by atoms with Gasteiger partial charge in [-0.15, -0.1) is 0 Å². The molecular weight excluding hydrogens is 224 g/mol. The van der Waals surface area contributed by atoms with Crippen molar-refractivity contribution in [2.75, 3.05) is 0 Å². The van der Waals surface area contributed by atoms with Gasteiger partial charge in [-0.25, -0.2) is 4.98 Å². The molecule has 0 bridgehead atoms. The van der Waals surface area contributed by atoms with Crippen LogP contribution in [0.5, 0.6) is 0 Å². The van der Waals surface area contributed by atoms with Crippen LogP contribution in [0.15, 0.2) is 29.1 Å². The smallest absolute Gasteiger partial charge is 0.251 e. The summed E-state index contributed by atoms with van der Waals surface area (Å²) >= 11 is 0. The second kappa shape index (κ2) is 4.09. The summed E-state index contributed by atoms with van der Waals surface area (Å²) in [5, 5.41) is 0. The SMILES string of the molecule is Cc1cc(C)cc(-c2nc(C3CC3)cc(=O)[nH]2)c1. The highest BCUT2D eigenvalue weighted by atomic mass is 16.1. The van der Waals surface area contributed by atoms with Gasteiger partial charge in [0.1, 0.15) is 5.82 Å². The van der Waals surface area contributed by atoms with Gasteiger partial charge in [0.05, 0.1) is 5.69 Å². The molecule has 18 heavy (non-hydrogen) atoms. The Bertz CT molecular complexity index is 634. The number of H-pyrrole nitrogens is 1.